The molecule has 24 heteroatoms. The van der Waals surface area contributed by atoms with Crippen molar-refractivity contribution in [3.8, 4) is 0 Å². The quantitative estimate of drug-likeness (QED) is 0.154. The van der Waals surface area contributed by atoms with Gasteiger partial charge in [-0.05, 0) is 43.3 Å². The van der Waals surface area contributed by atoms with Crippen molar-refractivity contribution in [1.82, 2.24) is 26.8 Å². The summed E-state index contributed by atoms with van der Waals surface area (Å²) in [6, 6.07) is 8.86. The summed E-state index contributed by atoms with van der Waals surface area (Å²) < 4.78 is 44.7. The number of benzene rings is 2. The molecule has 0 spiro atoms. The monoisotopic (exact) mass is 848 g/mol. The van der Waals surface area contributed by atoms with Gasteiger partial charge in [0.05, 0.1) is 68.6 Å². The summed E-state index contributed by atoms with van der Waals surface area (Å²) in [5, 5.41) is 16.5. The zero-order chi connectivity index (χ0) is 41.9. The number of esters is 1. The number of amides is 5. The highest BCUT2D eigenvalue weighted by atomic mass is 19.1. The first kappa shape index (κ1) is 47.6. The predicted molar refractivity (Wildman–Crippen MR) is 215 cm³/mol. The van der Waals surface area contributed by atoms with E-state index in [1.165, 1.54) is 53.5 Å². The van der Waals surface area contributed by atoms with Gasteiger partial charge in [0, 0.05) is 26.9 Å². The van der Waals surface area contributed by atoms with E-state index in [9.17, 15) is 37.5 Å². The Bertz CT molecular complexity index is 1940. The normalized spacial score (nSPS) is 18.1. The van der Waals surface area contributed by atoms with Gasteiger partial charge in [-0.1, -0.05) is 0 Å². The number of carbonyl (C=O) groups is 6. The molecule has 328 valence electrons. The highest BCUT2D eigenvalue weighted by Crippen LogP contribution is 2.29. The van der Waals surface area contributed by atoms with Crippen LogP contribution in [0.25, 0.3) is 0 Å². The Morgan fingerprint density at radius 1 is 0.767 bits per heavy atom. The number of halogens is 2. The maximum absolute atomic E-state index is 14.7. The van der Waals surface area contributed by atoms with Gasteiger partial charge in [-0.3, -0.25) is 39.0 Å². The molecule has 0 bridgehead atoms. The molecule has 4 aliphatic heterocycles. The molecule has 0 radical (unpaired) electrons. The van der Waals surface area contributed by atoms with Crippen LogP contribution in [0.4, 0.5) is 41.1 Å². The number of primary amides is 1. The Morgan fingerprint density at radius 3 is 1.55 bits per heavy atom. The summed E-state index contributed by atoms with van der Waals surface area (Å²) in [6.07, 6.45) is 0.705. The Labute approximate surface area is 343 Å². The number of rotatable bonds is 13. The Balaban J connectivity index is 0.000000311. The van der Waals surface area contributed by atoms with Crippen LogP contribution in [0.1, 0.15) is 20.8 Å². The summed E-state index contributed by atoms with van der Waals surface area (Å²) in [5.74, 6) is -2.34. The SMILES string of the molecule is CC(=O)NC[C@H]1CN(c2ccc(N3C=NN(CC(N)=O)CC3)c(F)c2)C(=O)O1.CCOC(=O)CN1CCN(c2ccc(N3C[C@H](CNC(C)=O)OC3=O)cc2F)C=N1.N.O. The van der Waals surface area contributed by atoms with Gasteiger partial charge in [-0.15, -0.1) is 0 Å². The van der Waals surface area contributed by atoms with Crippen LogP contribution in [0, 0.1) is 11.6 Å². The van der Waals surface area contributed by atoms with E-state index in [0.717, 1.165) is 0 Å². The lowest BCUT2D eigenvalue weighted by atomic mass is 10.2. The molecule has 2 aromatic carbocycles. The standard InChI is InChI=1S/C19H24FN5O5.C17H21FN6O4.H3N.H2O/c1-3-29-18(27)11-24-7-6-23(12-22-24)17-5-4-14(8-16(17)20)25-10-15(30-19(25)28)9-21-13(2)26;1-11(25)20-7-13-8-24(17(27)28-13)12-2-3-15(14(18)6-12)22-4-5-23(21-10-22)9-16(19)26;;/h4-5,8,12,15H,3,6-7,9-11H2,1-2H3,(H,21,26);2-3,6,10,13H,4-5,7-9H2,1H3,(H2,19,26)(H,20,25);1H3;1H2/t15-;13-;;/m00../s1. The van der Waals surface area contributed by atoms with Gasteiger partial charge >= 0.3 is 18.2 Å². The van der Waals surface area contributed by atoms with E-state index in [1.807, 2.05) is 0 Å². The smallest absolute Gasteiger partial charge is 0.414 e. The number of nitrogens with two attached hydrogens (primary N) is 1. The summed E-state index contributed by atoms with van der Waals surface area (Å²) in [7, 11) is 0. The molecule has 9 N–H and O–H groups in total. The molecule has 2 saturated heterocycles. The van der Waals surface area contributed by atoms with Crippen LogP contribution in [-0.2, 0) is 33.4 Å². The predicted octanol–water partition coefficient (Wildman–Crippen LogP) is 0.0903. The van der Waals surface area contributed by atoms with Gasteiger partial charge < -0.3 is 52.0 Å². The third kappa shape index (κ3) is 12.8. The van der Waals surface area contributed by atoms with Crippen molar-refractivity contribution in [1.29, 1.82) is 0 Å². The number of nitrogens with zero attached hydrogens (tertiary/aromatic N) is 8. The van der Waals surface area contributed by atoms with Gasteiger partial charge in [-0.2, -0.15) is 10.2 Å². The lowest BCUT2D eigenvalue weighted by Gasteiger charge is -2.29. The Morgan fingerprint density at radius 2 is 1.20 bits per heavy atom. The van der Waals surface area contributed by atoms with Crippen LogP contribution in [0.2, 0.25) is 0 Å². The van der Waals surface area contributed by atoms with Crippen molar-refractivity contribution >= 4 is 71.3 Å². The minimum atomic E-state index is -0.593. The van der Waals surface area contributed by atoms with Gasteiger partial charge in [0.2, 0.25) is 17.7 Å². The molecule has 2 fully saturated rings. The fourth-order valence-corrected chi connectivity index (χ4v) is 6.07. The van der Waals surface area contributed by atoms with E-state index in [2.05, 4.69) is 20.8 Å². The van der Waals surface area contributed by atoms with Gasteiger partial charge in [-0.25, -0.2) is 18.4 Å². The molecule has 60 heavy (non-hydrogen) atoms. The van der Waals surface area contributed by atoms with E-state index in [0.29, 0.717) is 55.5 Å². The van der Waals surface area contributed by atoms with Gasteiger partial charge in [0.15, 0.2) is 0 Å². The van der Waals surface area contributed by atoms with E-state index >= 15 is 0 Å². The maximum Gasteiger partial charge on any atom is 0.414 e. The molecule has 6 rings (SSSR count). The maximum atomic E-state index is 14.7. The first-order chi connectivity index (χ1) is 27.7. The fourth-order valence-electron chi connectivity index (χ4n) is 6.07. The average molecular weight is 849 g/mol. The summed E-state index contributed by atoms with van der Waals surface area (Å²) in [5.41, 5.74) is 6.47. The summed E-state index contributed by atoms with van der Waals surface area (Å²) >= 11 is 0. The minimum absolute atomic E-state index is 0. The zero-order valence-electron chi connectivity index (χ0n) is 33.3. The van der Waals surface area contributed by atoms with E-state index < -0.39 is 41.9 Å². The molecule has 2 aromatic rings. The zero-order valence-corrected chi connectivity index (χ0v) is 33.3. The number of ether oxygens (including phenoxy) is 3. The second-order valence-electron chi connectivity index (χ2n) is 13.3. The molecular formula is C36H50F2N12O10. The fraction of sp³-hybridized carbons (Fsp3) is 0.444. The number of hydrogen-bond acceptors (Lipinski definition) is 16. The second kappa shape index (κ2) is 21.8. The lowest BCUT2D eigenvalue weighted by molar-refractivity contribution is -0.144. The van der Waals surface area contributed by atoms with Crippen LogP contribution < -0.4 is 42.1 Å². The number of nitrogens with one attached hydrogen (secondary N) is 2. The second-order valence-corrected chi connectivity index (χ2v) is 13.3. The molecule has 0 saturated carbocycles. The number of carbonyl (C=O) groups excluding carboxylic acids is 6. The van der Waals surface area contributed by atoms with Crippen molar-refractivity contribution in [3.05, 3.63) is 48.0 Å². The summed E-state index contributed by atoms with van der Waals surface area (Å²) in [6.45, 7) is 7.37. The lowest BCUT2D eigenvalue weighted by Crippen LogP contribution is -2.41. The van der Waals surface area contributed by atoms with Crippen molar-refractivity contribution < 1.29 is 57.2 Å². The third-order valence-electron chi connectivity index (χ3n) is 8.87. The largest absolute Gasteiger partial charge is 0.465 e. The van der Waals surface area contributed by atoms with Crippen molar-refractivity contribution in [3.63, 3.8) is 0 Å². The van der Waals surface area contributed by atoms with Crippen LogP contribution >= 0.6 is 0 Å². The molecule has 22 nitrogen and oxygen atoms in total. The molecule has 5 amide bonds. The van der Waals surface area contributed by atoms with Crippen molar-refractivity contribution in [2.75, 3.05) is 91.7 Å². The van der Waals surface area contributed by atoms with Crippen LogP contribution in [0.3, 0.4) is 0 Å². The average Bonchev–Trinajstić information content (AvgIpc) is 3.75. The molecule has 0 aliphatic carbocycles. The number of hydrazone groups is 2. The van der Waals surface area contributed by atoms with Gasteiger partial charge in [0.25, 0.3) is 0 Å². The molecule has 4 heterocycles. The van der Waals surface area contributed by atoms with Gasteiger partial charge in [0.1, 0.15) is 49.6 Å². The van der Waals surface area contributed by atoms with E-state index in [1.54, 1.807) is 46.0 Å². The molecule has 0 aromatic heterocycles. The van der Waals surface area contributed by atoms with Crippen molar-refractivity contribution in [2.45, 2.75) is 33.0 Å². The molecular weight excluding hydrogens is 798 g/mol. The van der Waals surface area contributed by atoms with Crippen LogP contribution in [-0.4, -0.2) is 148 Å². The number of cyclic esters (lactones) is 2. The highest BCUT2D eigenvalue weighted by molar-refractivity contribution is 5.92. The minimum Gasteiger partial charge on any atom is -0.465 e. The highest BCUT2D eigenvalue weighted by Gasteiger charge is 2.34. The third-order valence-corrected chi connectivity index (χ3v) is 8.87. The molecule has 0 unspecified atom stereocenters. The van der Waals surface area contributed by atoms with Crippen molar-refractivity contribution in [2.24, 2.45) is 15.9 Å². The molecule has 2 atom stereocenters. The first-order valence-corrected chi connectivity index (χ1v) is 18.3. The first-order valence-electron chi connectivity index (χ1n) is 18.3. The van der Waals surface area contributed by atoms with E-state index in [4.69, 9.17) is 19.9 Å². The topological polar surface area (TPSA) is 291 Å². The van der Waals surface area contributed by atoms with Crippen LogP contribution in [0.5, 0.6) is 0 Å². The summed E-state index contributed by atoms with van der Waals surface area (Å²) in [4.78, 5) is 74.5. The van der Waals surface area contributed by atoms with E-state index in [-0.39, 0.29) is 68.7 Å². The van der Waals surface area contributed by atoms with Crippen LogP contribution in [0.15, 0.2) is 46.6 Å². The number of anilines is 4. The Hall–Kier alpha value is -6.82. The molecule has 4 aliphatic rings. The number of hydrogen-bond donors (Lipinski definition) is 4. The Kier molecular flexibility index (Phi) is 17.3.